The van der Waals surface area contributed by atoms with E-state index < -0.39 is 0 Å². The first kappa shape index (κ1) is 10.7. The highest BCUT2D eigenvalue weighted by Gasteiger charge is 2.38. The fourth-order valence-electron chi connectivity index (χ4n) is 2.06. The predicted molar refractivity (Wildman–Crippen MR) is 65.8 cm³/mol. The molecule has 3 atom stereocenters. The summed E-state index contributed by atoms with van der Waals surface area (Å²) in [6.07, 6.45) is 2.58. The molecule has 1 fully saturated rings. The van der Waals surface area contributed by atoms with Crippen LogP contribution in [0.2, 0.25) is 0 Å². The minimum Gasteiger partial charge on any atom is -0.316 e. The quantitative estimate of drug-likeness (QED) is 0.888. The molecule has 1 N–H and O–H groups in total. The van der Waals surface area contributed by atoms with Gasteiger partial charge in [0.05, 0.1) is 3.79 Å². The zero-order chi connectivity index (χ0) is 10.1. The Hall–Kier alpha value is 0.140. The molecule has 0 bridgehead atoms. The Labute approximate surface area is 98.0 Å². The van der Waals surface area contributed by atoms with E-state index in [1.807, 2.05) is 11.3 Å². The zero-order valence-corrected chi connectivity index (χ0v) is 11.0. The fourth-order valence-corrected chi connectivity index (χ4v) is 3.60. The van der Waals surface area contributed by atoms with E-state index in [-0.39, 0.29) is 0 Å². The smallest absolute Gasteiger partial charge is 0.0701 e. The molecule has 0 saturated heterocycles. The number of rotatable bonds is 4. The van der Waals surface area contributed by atoms with Gasteiger partial charge in [0.15, 0.2) is 0 Å². The highest BCUT2D eigenvalue weighted by atomic mass is 79.9. The number of hydrogen-bond acceptors (Lipinski definition) is 2. The Morgan fingerprint density at radius 1 is 1.64 bits per heavy atom. The van der Waals surface area contributed by atoms with Crippen LogP contribution in [0, 0.1) is 11.8 Å². The molecular weight excluding hydrogens is 258 g/mol. The molecule has 1 nitrogen and oxygen atoms in total. The molecule has 1 aliphatic carbocycles. The molecule has 1 saturated carbocycles. The van der Waals surface area contributed by atoms with Gasteiger partial charge in [-0.2, -0.15) is 0 Å². The third kappa shape index (κ3) is 2.38. The molecule has 1 aliphatic rings. The lowest BCUT2D eigenvalue weighted by molar-refractivity contribution is 0.482. The lowest BCUT2D eigenvalue weighted by Gasteiger charge is -2.14. The van der Waals surface area contributed by atoms with Crippen molar-refractivity contribution >= 4 is 27.3 Å². The van der Waals surface area contributed by atoms with Crippen molar-refractivity contribution in [1.29, 1.82) is 0 Å². The van der Waals surface area contributed by atoms with Crippen LogP contribution in [0.4, 0.5) is 0 Å². The van der Waals surface area contributed by atoms with Gasteiger partial charge in [-0.25, -0.2) is 0 Å². The molecule has 0 spiro atoms. The Bertz CT molecular complexity index is 310. The Morgan fingerprint density at radius 3 is 2.79 bits per heavy atom. The van der Waals surface area contributed by atoms with Crippen molar-refractivity contribution in [2.45, 2.75) is 25.8 Å². The van der Waals surface area contributed by atoms with Crippen LogP contribution in [-0.2, 0) is 6.42 Å². The Morgan fingerprint density at radius 2 is 2.36 bits per heavy atom. The SMILES string of the molecule is CNC(Cc1ccc(Br)s1)C1CC1C. The van der Waals surface area contributed by atoms with Crippen molar-refractivity contribution in [3.63, 3.8) is 0 Å². The van der Waals surface area contributed by atoms with Gasteiger partial charge in [-0.15, -0.1) is 11.3 Å². The molecule has 0 radical (unpaired) electrons. The summed E-state index contributed by atoms with van der Waals surface area (Å²) in [5.74, 6) is 1.83. The standard InChI is InChI=1S/C11H16BrNS/c1-7-5-9(7)10(13-2)6-8-3-4-11(12)14-8/h3-4,7,9-10,13H,5-6H2,1-2H3. The van der Waals surface area contributed by atoms with Crippen molar-refractivity contribution in [1.82, 2.24) is 5.32 Å². The van der Waals surface area contributed by atoms with Crippen molar-refractivity contribution in [3.05, 3.63) is 20.8 Å². The molecular formula is C11H16BrNS. The Balaban J connectivity index is 1.94. The lowest BCUT2D eigenvalue weighted by atomic mass is 10.1. The van der Waals surface area contributed by atoms with Gasteiger partial charge in [0.25, 0.3) is 0 Å². The van der Waals surface area contributed by atoms with Crippen molar-refractivity contribution in [2.24, 2.45) is 11.8 Å². The zero-order valence-electron chi connectivity index (χ0n) is 8.59. The van der Waals surface area contributed by atoms with Crippen LogP contribution < -0.4 is 5.32 Å². The number of halogens is 1. The van der Waals surface area contributed by atoms with Gasteiger partial charge in [0.2, 0.25) is 0 Å². The molecule has 1 heterocycles. The molecule has 78 valence electrons. The molecule has 1 aromatic heterocycles. The predicted octanol–water partition coefficient (Wildman–Crippen LogP) is 3.30. The largest absolute Gasteiger partial charge is 0.316 e. The van der Waals surface area contributed by atoms with Gasteiger partial charge >= 0.3 is 0 Å². The van der Waals surface area contributed by atoms with E-state index >= 15 is 0 Å². The van der Waals surface area contributed by atoms with Crippen LogP contribution in [0.25, 0.3) is 0 Å². The van der Waals surface area contributed by atoms with Crippen molar-refractivity contribution in [2.75, 3.05) is 7.05 Å². The third-order valence-electron chi connectivity index (χ3n) is 3.11. The highest BCUT2D eigenvalue weighted by Crippen LogP contribution is 2.41. The molecule has 3 heteroatoms. The topological polar surface area (TPSA) is 12.0 Å². The first-order valence-corrected chi connectivity index (χ1v) is 6.73. The van der Waals surface area contributed by atoms with Crippen molar-refractivity contribution < 1.29 is 0 Å². The molecule has 14 heavy (non-hydrogen) atoms. The summed E-state index contributed by atoms with van der Waals surface area (Å²) in [7, 11) is 2.08. The average molecular weight is 274 g/mol. The summed E-state index contributed by atoms with van der Waals surface area (Å²) in [6, 6.07) is 5.05. The monoisotopic (exact) mass is 273 g/mol. The number of nitrogens with one attached hydrogen (secondary N) is 1. The van der Waals surface area contributed by atoms with Gasteiger partial charge in [-0.05, 0) is 59.8 Å². The summed E-state index contributed by atoms with van der Waals surface area (Å²) < 4.78 is 1.24. The van der Waals surface area contributed by atoms with E-state index in [2.05, 4.69) is 47.4 Å². The maximum Gasteiger partial charge on any atom is 0.0701 e. The van der Waals surface area contributed by atoms with Crippen LogP contribution >= 0.6 is 27.3 Å². The van der Waals surface area contributed by atoms with E-state index in [1.54, 1.807) is 0 Å². The fraction of sp³-hybridized carbons (Fsp3) is 0.636. The molecule has 0 aromatic carbocycles. The van der Waals surface area contributed by atoms with Crippen molar-refractivity contribution in [3.8, 4) is 0 Å². The second kappa shape index (κ2) is 4.33. The van der Waals surface area contributed by atoms with Gasteiger partial charge in [-0.1, -0.05) is 6.92 Å². The van der Waals surface area contributed by atoms with Crippen LogP contribution in [-0.4, -0.2) is 13.1 Å². The van der Waals surface area contributed by atoms with E-state index in [9.17, 15) is 0 Å². The molecule has 3 unspecified atom stereocenters. The second-order valence-corrected chi connectivity index (χ2v) is 6.73. The van der Waals surface area contributed by atoms with E-state index in [4.69, 9.17) is 0 Å². The van der Waals surface area contributed by atoms with E-state index in [0.29, 0.717) is 6.04 Å². The van der Waals surface area contributed by atoms with Crippen LogP contribution in [0.15, 0.2) is 15.9 Å². The molecule has 2 rings (SSSR count). The normalized spacial score (nSPS) is 27.6. The van der Waals surface area contributed by atoms with E-state index in [0.717, 1.165) is 11.8 Å². The summed E-state index contributed by atoms with van der Waals surface area (Å²) in [5, 5.41) is 3.44. The highest BCUT2D eigenvalue weighted by molar-refractivity contribution is 9.11. The molecule has 1 aromatic rings. The van der Waals surface area contributed by atoms with Crippen LogP contribution in [0.1, 0.15) is 18.2 Å². The summed E-state index contributed by atoms with van der Waals surface area (Å²) in [4.78, 5) is 1.48. The first-order chi connectivity index (χ1) is 6.70. The maximum absolute atomic E-state index is 3.51. The molecule has 0 amide bonds. The third-order valence-corrected chi connectivity index (χ3v) is 4.76. The average Bonchev–Trinajstić information content (AvgIpc) is 2.72. The summed E-state index contributed by atoms with van der Waals surface area (Å²) >= 11 is 5.36. The molecule has 0 aliphatic heterocycles. The first-order valence-electron chi connectivity index (χ1n) is 5.12. The van der Waals surface area contributed by atoms with Gasteiger partial charge < -0.3 is 5.32 Å². The minimum absolute atomic E-state index is 0.676. The summed E-state index contributed by atoms with van der Waals surface area (Å²) in [6.45, 7) is 2.35. The van der Waals surface area contributed by atoms with Gasteiger partial charge in [-0.3, -0.25) is 0 Å². The van der Waals surface area contributed by atoms with Crippen LogP contribution in [0.3, 0.4) is 0 Å². The van der Waals surface area contributed by atoms with Crippen LogP contribution in [0.5, 0.6) is 0 Å². The van der Waals surface area contributed by atoms with Gasteiger partial charge in [0.1, 0.15) is 0 Å². The Kier molecular flexibility index (Phi) is 3.30. The summed E-state index contributed by atoms with van der Waals surface area (Å²) in [5.41, 5.74) is 0. The minimum atomic E-state index is 0.676. The van der Waals surface area contributed by atoms with E-state index in [1.165, 1.54) is 21.5 Å². The maximum atomic E-state index is 3.51. The number of likely N-dealkylation sites (N-methyl/N-ethyl adjacent to an activating group) is 1. The lowest BCUT2D eigenvalue weighted by Crippen LogP contribution is -2.30. The second-order valence-electron chi connectivity index (χ2n) is 4.18. The van der Waals surface area contributed by atoms with Gasteiger partial charge in [0, 0.05) is 10.9 Å². The number of thiophene rings is 1. The number of hydrogen-bond donors (Lipinski definition) is 1.